The first-order chi connectivity index (χ1) is 19.8. The summed E-state index contributed by atoms with van der Waals surface area (Å²) in [6, 6.07) is 0. The Morgan fingerprint density at radius 2 is 0.976 bits per heavy atom. The number of hydrogen-bond acceptors (Lipinski definition) is 9. The maximum Gasteiger partial charge on any atom is 0.232 e. The van der Waals surface area contributed by atoms with E-state index in [4.69, 9.17) is 0 Å². The number of amides is 8. The van der Waals surface area contributed by atoms with Crippen molar-refractivity contribution in [3.05, 3.63) is 0 Å². The standard InChI is InChI=1S/C27H40N6O9/c1-16-12-24(39)32(26(16)41)10-4-20(35)28-6-8-30-22(37)14-19(18(3)34)15-23(38)31-9-7-29-21(36)5-11-33-25(40)13-17(2)27(33)42/h16-17,19H,4-15H2,1-3H3,(H,28,35)(H,29,36)(H,30,37)(H,31,38). The lowest BCUT2D eigenvalue weighted by atomic mass is 9.96. The summed E-state index contributed by atoms with van der Waals surface area (Å²) in [7, 11) is 0. The van der Waals surface area contributed by atoms with Crippen molar-refractivity contribution < 1.29 is 43.2 Å². The Kier molecular flexibility index (Phi) is 13.2. The Hall–Kier alpha value is -4.17. The molecule has 2 aliphatic rings. The Morgan fingerprint density at radius 3 is 1.26 bits per heavy atom. The van der Waals surface area contributed by atoms with Crippen LogP contribution in [0.4, 0.5) is 0 Å². The van der Waals surface area contributed by atoms with Crippen LogP contribution in [-0.4, -0.2) is 102 Å². The molecule has 0 radical (unpaired) electrons. The number of likely N-dealkylation sites (tertiary alicyclic amines) is 2. The molecule has 0 spiro atoms. The first kappa shape index (κ1) is 34.0. The number of hydrogen-bond donors (Lipinski definition) is 4. The summed E-state index contributed by atoms with van der Waals surface area (Å²) >= 11 is 0. The minimum Gasteiger partial charge on any atom is -0.354 e. The molecule has 42 heavy (non-hydrogen) atoms. The van der Waals surface area contributed by atoms with Crippen LogP contribution in [0.2, 0.25) is 0 Å². The van der Waals surface area contributed by atoms with E-state index in [-0.39, 0.29) is 131 Å². The van der Waals surface area contributed by atoms with Gasteiger partial charge in [-0.3, -0.25) is 53.0 Å². The number of nitrogens with zero attached hydrogens (tertiary/aromatic N) is 2. The van der Waals surface area contributed by atoms with Gasteiger partial charge in [0.15, 0.2) is 0 Å². The molecule has 2 unspecified atom stereocenters. The van der Waals surface area contributed by atoms with Gasteiger partial charge in [-0.05, 0) is 6.92 Å². The van der Waals surface area contributed by atoms with Gasteiger partial charge in [0.25, 0.3) is 0 Å². The quantitative estimate of drug-likeness (QED) is 0.109. The maximum absolute atomic E-state index is 12.3. The van der Waals surface area contributed by atoms with Gasteiger partial charge in [-0.15, -0.1) is 0 Å². The molecule has 2 saturated heterocycles. The van der Waals surface area contributed by atoms with E-state index in [1.807, 2.05) is 0 Å². The number of imide groups is 2. The molecule has 4 N–H and O–H groups in total. The molecule has 0 aromatic heterocycles. The van der Waals surface area contributed by atoms with E-state index in [1.165, 1.54) is 6.92 Å². The minimum absolute atomic E-state index is 0.00259. The molecule has 2 fully saturated rings. The number of ketones is 1. The second kappa shape index (κ2) is 16.3. The fraction of sp³-hybridized carbons (Fsp3) is 0.667. The zero-order valence-corrected chi connectivity index (χ0v) is 24.3. The molecule has 15 heteroatoms. The van der Waals surface area contributed by atoms with Crippen molar-refractivity contribution in [1.29, 1.82) is 0 Å². The van der Waals surface area contributed by atoms with Gasteiger partial charge in [-0.1, -0.05) is 13.8 Å². The van der Waals surface area contributed by atoms with Gasteiger partial charge in [0, 0.05) is 95.5 Å². The molecule has 8 amide bonds. The lowest BCUT2D eigenvalue weighted by Crippen LogP contribution is -2.39. The predicted octanol–water partition coefficient (Wildman–Crippen LogP) is -1.99. The van der Waals surface area contributed by atoms with Gasteiger partial charge in [-0.2, -0.15) is 0 Å². The number of carbonyl (C=O) groups is 9. The Labute approximate surface area is 243 Å². The van der Waals surface area contributed by atoms with Crippen molar-refractivity contribution in [1.82, 2.24) is 31.1 Å². The molecular weight excluding hydrogens is 552 g/mol. The molecule has 2 heterocycles. The van der Waals surface area contributed by atoms with Gasteiger partial charge in [0.05, 0.1) is 0 Å². The Bertz CT molecular complexity index is 1030. The summed E-state index contributed by atoms with van der Waals surface area (Å²) in [5, 5.41) is 10.3. The van der Waals surface area contributed by atoms with E-state index >= 15 is 0 Å². The molecule has 0 bridgehead atoms. The zero-order valence-electron chi connectivity index (χ0n) is 24.3. The summed E-state index contributed by atoms with van der Waals surface area (Å²) in [5.41, 5.74) is 0. The molecule has 2 rings (SSSR count). The van der Waals surface area contributed by atoms with Crippen LogP contribution in [0.25, 0.3) is 0 Å². The second-order valence-electron chi connectivity index (χ2n) is 10.6. The molecule has 0 saturated carbocycles. The van der Waals surface area contributed by atoms with E-state index in [0.29, 0.717) is 0 Å². The van der Waals surface area contributed by atoms with Crippen LogP contribution in [-0.2, 0) is 43.2 Å². The summed E-state index contributed by atoms with van der Waals surface area (Å²) in [4.78, 5) is 110. The van der Waals surface area contributed by atoms with Crippen molar-refractivity contribution in [3.63, 3.8) is 0 Å². The van der Waals surface area contributed by atoms with Gasteiger partial charge in [0.2, 0.25) is 47.3 Å². The fourth-order valence-corrected chi connectivity index (χ4v) is 4.53. The normalized spacial score (nSPS) is 19.1. The SMILES string of the molecule is CC(=O)C(CC(=O)NCCNC(=O)CCN1C(=O)CC(C)C1=O)CC(=O)NCCNC(=O)CCN1C(=O)CC(C)C1=O. The largest absolute Gasteiger partial charge is 0.354 e. The van der Waals surface area contributed by atoms with Crippen molar-refractivity contribution >= 4 is 53.0 Å². The maximum atomic E-state index is 12.3. The number of carbonyl (C=O) groups excluding carboxylic acids is 9. The number of Topliss-reactive ketones (excluding diaryl/α,β-unsaturated/α-hetero) is 1. The van der Waals surface area contributed by atoms with Gasteiger partial charge in [-0.25, -0.2) is 0 Å². The van der Waals surface area contributed by atoms with E-state index in [0.717, 1.165) is 9.80 Å². The molecule has 2 aliphatic heterocycles. The van der Waals surface area contributed by atoms with E-state index in [9.17, 15) is 43.2 Å². The average Bonchev–Trinajstić information content (AvgIpc) is 3.31. The van der Waals surface area contributed by atoms with Crippen LogP contribution in [0.5, 0.6) is 0 Å². The zero-order chi connectivity index (χ0) is 31.4. The first-order valence-electron chi connectivity index (χ1n) is 14.1. The van der Waals surface area contributed by atoms with Crippen molar-refractivity contribution in [2.75, 3.05) is 39.3 Å². The van der Waals surface area contributed by atoms with Crippen LogP contribution < -0.4 is 21.3 Å². The monoisotopic (exact) mass is 592 g/mol. The van der Waals surface area contributed by atoms with Crippen molar-refractivity contribution in [2.45, 2.75) is 59.3 Å². The van der Waals surface area contributed by atoms with Crippen LogP contribution >= 0.6 is 0 Å². The van der Waals surface area contributed by atoms with Gasteiger partial charge in [0.1, 0.15) is 5.78 Å². The first-order valence-corrected chi connectivity index (χ1v) is 14.1. The predicted molar refractivity (Wildman–Crippen MR) is 146 cm³/mol. The molecule has 0 aromatic rings. The highest BCUT2D eigenvalue weighted by Crippen LogP contribution is 2.19. The van der Waals surface area contributed by atoms with E-state index in [2.05, 4.69) is 21.3 Å². The highest BCUT2D eigenvalue weighted by molar-refractivity contribution is 6.04. The molecule has 15 nitrogen and oxygen atoms in total. The third kappa shape index (κ3) is 10.7. The summed E-state index contributed by atoms with van der Waals surface area (Å²) in [6.45, 7) is 4.95. The van der Waals surface area contributed by atoms with E-state index < -0.39 is 17.7 Å². The van der Waals surface area contributed by atoms with Crippen molar-refractivity contribution in [2.24, 2.45) is 17.8 Å². The van der Waals surface area contributed by atoms with Crippen LogP contribution in [0.3, 0.4) is 0 Å². The van der Waals surface area contributed by atoms with Gasteiger partial charge >= 0.3 is 0 Å². The van der Waals surface area contributed by atoms with Crippen LogP contribution in [0, 0.1) is 17.8 Å². The van der Waals surface area contributed by atoms with E-state index in [1.54, 1.807) is 13.8 Å². The number of rotatable bonds is 17. The molecule has 2 atom stereocenters. The molecule has 0 aliphatic carbocycles. The summed E-state index contributed by atoms with van der Waals surface area (Å²) < 4.78 is 0. The Balaban J connectivity index is 1.58. The van der Waals surface area contributed by atoms with Crippen molar-refractivity contribution in [3.8, 4) is 0 Å². The molecule has 232 valence electrons. The summed E-state index contributed by atoms with van der Waals surface area (Å²) in [6.07, 6.45) is -0.273. The smallest absolute Gasteiger partial charge is 0.232 e. The molecular formula is C27H40N6O9. The molecule has 0 aromatic carbocycles. The van der Waals surface area contributed by atoms with Crippen LogP contribution in [0.1, 0.15) is 59.3 Å². The third-order valence-electron chi connectivity index (χ3n) is 7.04. The second-order valence-corrected chi connectivity index (χ2v) is 10.6. The Morgan fingerprint density at radius 1 is 0.643 bits per heavy atom. The minimum atomic E-state index is -0.856. The topological polar surface area (TPSA) is 208 Å². The lowest BCUT2D eigenvalue weighted by Gasteiger charge is -2.15. The van der Waals surface area contributed by atoms with Crippen LogP contribution in [0.15, 0.2) is 0 Å². The lowest BCUT2D eigenvalue weighted by molar-refractivity contribution is -0.141. The highest BCUT2D eigenvalue weighted by Gasteiger charge is 2.36. The average molecular weight is 593 g/mol. The summed E-state index contributed by atoms with van der Waals surface area (Å²) in [5.74, 6) is -4.87. The number of nitrogens with one attached hydrogen (secondary N) is 4. The van der Waals surface area contributed by atoms with Gasteiger partial charge < -0.3 is 21.3 Å². The fourth-order valence-electron chi connectivity index (χ4n) is 4.53. The highest BCUT2D eigenvalue weighted by atomic mass is 16.2. The third-order valence-corrected chi connectivity index (χ3v) is 7.04.